The number of primary amides is 1. The van der Waals surface area contributed by atoms with Crippen molar-refractivity contribution < 1.29 is 4.79 Å². The van der Waals surface area contributed by atoms with E-state index in [1.165, 1.54) is 0 Å². The van der Waals surface area contributed by atoms with Crippen LogP contribution in [0.2, 0.25) is 0 Å². The third kappa shape index (κ3) is 3.46. The molecule has 0 saturated heterocycles. The highest BCUT2D eigenvalue weighted by molar-refractivity contribution is 7.20. The van der Waals surface area contributed by atoms with Gasteiger partial charge >= 0.3 is 0 Å². The van der Waals surface area contributed by atoms with Crippen molar-refractivity contribution in [2.24, 2.45) is 5.73 Å². The van der Waals surface area contributed by atoms with Gasteiger partial charge in [-0.25, -0.2) is 4.98 Å². The van der Waals surface area contributed by atoms with E-state index in [9.17, 15) is 9.59 Å². The first kappa shape index (κ1) is 19.8. The summed E-state index contributed by atoms with van der Waals surface area (Å²) in [7, 11) is 0. The van der Waals surface area contributed by atoms with Gasteiger partial charge in [0.2, 0.25) is 0 Å². The minimum atomic E-state index is -0.554. The maximum absolute atomic E-state index is 13.3. The molecular formula is C23H20N4O2S. The monoisotopic (exact) mass is 416 g/mol. The van der Waals surface area contributed by atoms with Gasteiger partial charge in [0, 0.05) is 19.4 Å². The summed E-state index contributed by atoms with van der Waals surface area (Å²) in [4.78, 5) is 30.8. The molecule has 0 fully saturated rings. The summed E-state index contributed by atoms with van der Waals surface area (Å²) in [5, 5.41) is 11.6. The van der Waals surface area contributed by atoms with Crippen LogP contribution in [0.3, 0.4) is 0 Å². The van der Waals surface area contributed by atoms with E-state index in [1.54, 1.807) is 11.5 Å². The molecule has 4 aromatic rings. The average Bonchev–Trinajstić information content (AvgIpc) is 3.07. The van der Waals surface area contributed by atoms with Crippen molar-refractivity contribution in [1.82, 2.24) is 9.55 Å². The van der Waals surface area contributed by atoms with Crippen LogP contribution in [0.4, 0.5) is 0 Å². The topological polar surface area (TPSA) is 102 Å². The van der Waals surface area contributed by atoms with Crippen molar-refractivity contribution in [2.45, 2.75) is 32.7 Å². The minimum Gasteiger partial charge on any atom is -0.365 e. The fourth-order valence-electron chi connectivity index (χ4n) is 3.79. The number of aromatic nitrogens is 2. The number of thiophene rings is 1. The molecular weight excluding hydrogens is 396 g/mol. The second-order valence-electron chi connectivity index (χ2n) is 7.16. The normalized spacial score (nSPS) is 11.1. The number of nitriles is 1. The number of hydrogen-bond donors (Lipinski definition) is 1. The second kappa shape index (κ2) is 8.09. The summed E-state index contributed by atoms with van der Waals surface area (Å²) >= 11 is 1.16. The van der Waals surface area contributed by atoms with Crippen LogP contribution in [-0.2, 0) is 13.0 Å². The predicted molar refractivity (Wildman–Crippen MR) is 119 cm³/mol. The van der Waals surface area contributed by atoms with E-state index in [0.717, 1.165) is 27.7 Å². The Labute approximate surface area is 177 Å². The first-order chi connectivity index (χ1) is 14.5. The van der Waals surface area contributed by atoms with Crippen molar-refractivity contribution >= 4 is 38.2 Å². The van der Waals surface area contributed by atoms with Crippen LogP contribution in [0.25, 0.3) is 21.0 Å². The van der Waals surface area contributed by atoms with E-state index in [-0.39, 0.29) is 5.56 Å². The highest BCUT2D eigenvalue weighted by atomic mass is 32.1. The van der Waals surface area contributed by atoms with Gasteiger partial charge in [0.25, 0.3) is 11.5 Å². The molecule has 0 aliphatic rings. The Morgan fingerprint density at radius 3 is 2.77 bits per heavy atom. The standard InChI is InChI=1S/C23H20N4O2S/c1-14-19-22(30-20(14)21(25)28)26-18(27(23(19)29)12-5-4-11-24)13-16-9-6-8-15-7-2-3-10-17(15)16/h2-3,6-10H,4-5,12-13H2,1H3,(H2,25,28). The zero-order valence-electron chi connectivity index (χ0n) is 16.5. The number of amides is 1. The number of nitrogens with two attached hydrogens (primary N) is 1. The van der Waals surface area contributed by atoms with Crippen molar-refractivity contribution in [1.29, 1.82) is 5.26 Å². The van der Waals surface area contributed by atoms with Crippen LogP contribution in [0.15, 0.2) is 47.3 Å². The molecule has 30 heavy (non-hydrogen) atoms. The molecule has 2 heterocycles. The van der Waals surface area contributed by atoms with E-state index < -0.39 is 5.91 Å². The van der Waals surface area contributed by atoms with Crippen LogP contribution in [-0.4, -0.2) is 15.5 Å². The molecule has 2 N–H and O–H groups in total. The summed E-state index contributed by atoms with van der Waals surface area (Å²) in [6.07, 6.45) is 1.38. The zero-order chi connectivity index (χ0) is 21.3. The number of aryl methyl sites for hydroxylation is 1. The molecule has 0 atom stereocenters. The maximum Gasteiger partial charge on any atom is 0.262 e. The number of unbranched alkanes of at least 4 members (excludes halogenated alkanes) is 1. The highest BCUT2D eigenvalue weighted by Gasteiger charge is 2.20. The smallest absolute Gasteiger partial charge is 0.262 e. The lowest BCUT2D eigenvalue weighted by molar-refractivity contribution is 0.100. The van der Waals surface area contributed by atoms with Gasteiger partial charge in [-0.15, -0.1) is 11.3 Å². The number of rotatable bonds is 6. The van der Waals surface area contributed by atoms with Gasteiger partial charge in [0.05, 0.1) is 16.3 Å². The SMILES string of the molecule is Cc1c(C(N)=O)sc2nc(Cc3cccc4ccccc34)n(CCCC#N)c(=O)c12. The van der Waals surface area contributed by atoms with E-state index in [1.807, 2.05) is 24.3 Å². The number of fused-ring (bicyclic) bond motifs is 2. The van der Waals surface area contributed by atoms with Crippen LogP contribution in [0, 0.1) is 18.3 Å². The molecule has 0 bridgehead atoms. The Kier molecular flexibility index (Phi) is 5.34. The summed E-state index contributed by atoms with van der Waals surface area (Å²) < 4.78 is 1.64. The Balaban J connectivity index is 1.90. The minimum absolute atomic E-state index is 0.186. The van der Waals surface area contributed by atoms with Crippen molar-refractivity contribution in [2.75, 3.05) is 0 Å². The van der Waals surface area contributed by atoms with Crippen LogP contribution in [0.1, 0.15) is 39.5 Å². The Bertz CT molecular complexity index is 1370. The number of benzene rings is 2. The molecule has 2 aromatic heterocycles. The van der Waals surface area contributed by atoms with E-state index in [0.29, 0.717) is 52.3 Å². The summed E-state index contributed by atoms with van der Waals surface area (Å²) in [6, 6.07) is 16.3. The Morgan fingerprint density at radius 1 is 1.23 bits per heavy atom. The van der Waals surface area contributed by atoms with Gasteiger partial charge in [-0.05, 0) is 35.2 Å². The van der Waals surface area contributed by atoms with Gasteiger partial charge in [-0.3, -0.25) is 14.2 Å². The molecule has 0 saturated carbocycles. The lowest BCUT2D eigenvalue weighted by atomic mass is 10.0. The molecule has 4 rings (SSSR count). The summed E-state index contributed by atoms with van der Waals surface area (Å²) in [6.45, 7) is 2.13. The van der Waals surface area contributed by atoms with Crippen LogP contribution in [0.5, 0.6) is 0 Å². The lowest BCUT2D eigenvalue weighted by Crippen LogP contribution is -2.26. The average molecular weight is 417 g/mol. The number of carbonyl (C=O) groups is 1. The summed E-state index contributed by atoms with van der Waals surface area (Å²) in [5.74, 6) is 0.0700. The molecule has 0 aliphatic carbocycles. The van der Waals surface area contributed by atoms with Gasteiger partial charge in [0.15, 0.2) is 0 Å². The van der Waals surface area contributed by atoms with Gasteiger partial charge in [0.1, 0.15) is 10.7 Å². The van der Waals surface area contributed by atoms with Crippen molar-refractivity contribution in [3.8, 4) is 6.07 Å². The maximum atomic E-state index is 13.3. The molecule has 6 nitrogen and oxygen atoms in total. The first-order valence-corrected chi connectivity index (χ1v) is 10.5. The quantitative estimate of drug-likeness (QED) is 0.481. The third-order valence-electron chi connectivity index (χ3n) is 5.25. The number of carbonyl (C=O) groups excluding carboxylic acids is 1. The Hall–Kier alpha value is -3.50. The fourth-order valence-corrected chi connectivity index (χ4v) is 4.83. The molecule has 1 amide bonds. The lowest BCUT2D eigenvalue weighted by Gasteiger charge is -2.13. The molecule has 0 unspecified atom stereocenters. The second-order valence-corrected chi connectivity index (χ2v) is 8.16. The zero-order valence-corrected chi connectivity index (χ0v) is 17.3. The van der Waals surface area contributed by atoms with Gasteiger partial charge < -0.3 is 5.73 Å². The molecule has 0 aliphatic heterocycles. The predicted octanol–water partition coefficient (Wildman–Crippen LogP) is 3.91. The van der Waals surface area contributed by atoms with Gasteiger partial charge in [-0.2, -0.15) is 5.26 Å². The first-order valence-electron chi connectivity index (χ1n) is 9.67. The molecule has 150 valence electrons. The Morgan fingerprint density at radius 2 is 2.00 bits per heavy atom. The molecule has 0 spiro atoms. The third-order valence-corrected chi connectivity index (χ3v) is 6.45. The number of hydrogen-bond acceptors (Lipinski definition) is 5. The highest BCUT2D eigenvalue weighted by Crippen LogP contribution is 2.28. The largest absolute Gasteiger partial charge is 0.365 e. The fraction of sp³-hybridized carbons (Fsp3) is 0.217. The molecule has 7 heteroatoms. The van der Waals surface area contributed by atoms with E-state index in [2.05, 4.69) is 24.3 Å². The number of nitrogens with zero attached hydrogens (tertiary/aromatic N) is 3. The van der Waals surface area contributed by atoms with Gasteiger partial charge in [-0.1, -0.05) is 42.5 Å². The van der Waals surface area contributed by atoms with Crippen LogP contribution >= 0.6 is 11.3 Å². The van der Waals surface area contributed by atoms with E-state index >= 15 is 0 Å². The van der Waals surface area contributed by atoms with Crippen LogP contribution < -0.4 is 11.3 Å². The summed E-state index contributed by atoms with van der Waals surface area (Å²) in [5.41, 5.74) is 6.94. The molecule has 2 aromatic carbocycles. The van der Waals surface area contributed by atoms with E-state index in [4.69, 9.17) is 16.0 Å². The van der Waals surface area contributed by atoms with Crippen molar-refractivity contribution in [3.63, 3.8) is 0 Å². The van der Waals surface area contributed by atoms with Crippen molar-refractivity contribution in [3.05, 3.63) is 74.6 Å². The molecule has 0 radical (unpaired) electrons.